The van der Waals surface area contributed by atoms with Gasteiger partial charge in [-0.15, -0.1) is 11.3 Å². The van der Waals surface area contributed by atoms with E-state index in [2.05, 4.69) is 21.0 Å². The lowest BCUT2D eigenvalue weighted by molar-refractivity contribution is 0.125. The first-order valence-corrected chi connectivity index (χ1v) is 8.81. The summed E-state index contributed by atoms with van der Waals surface area (Å²) in [5.74, 6) is 0. The maximum Gasteiger partial charge on any atom is 0.407 e. The Morgan fingerprint density at radius 3 is 2.83 bits per heavy atom. The predicted molar refractivity (Wildman–Crippen MR) is 90.4 cm³/mol. The zero-order valence-electron chi connectivity index (χ0n) is 12.9. The SMILES string of the molecule is O=C(NC1CC(NCCc2cscn2)C1)OCc1ccccc1. The normalized spacial score (nSPS) is 19.8. The molecule has 0 bridgehead atoms. The summed E-state index contributed by atoms with van der Waals surface area (Å²) in [6.07, 6.45) is 2.53. The number of aromatic nitrogens is 1. The molecular weight excluding hydrogens is 310 g/mol. The molecule has 0 aliphatic heterocycles. The van der Waals surface area contributed by atoms with E-state index in [0.29, 0.717) is 12.6 Å². The van der Waals surface area contributed by atoms with Crippen LogP contribution in [0, 0.1) is 0 Å². The minimum Gasteiger partial charge on any atom is -0.445 e. The van der Waals surface area contributed by atoms with Crippen molar-refractivity contribution in [3.63, 3.8) is 0 Å². The number of rotatable bonds is 7. The Balaban J connectivity index is 1.25. The fraction of sp³-hybridized carbons (Fsp3) is 0.412. The van der Waals surface area contributed by atoms with Crippen molar-refractivity contribution in [1.29, 1.82) is 0 Å². The summed E-state index contributed by atoms with van der Waals surface area (Å²) in [5, 5.41) is 8.48. The summed E-state index contributed by atoms with van der Waals surface area (Å²) in [6, 6.07) is 10.4. The molecule has 0 saturated heterocycles. The van der Waals surface area contributed by atoms with Crippen molar-refractivity contribution in [1.82, 2.24) is 15.6 Å². The highest BCUT2D eigenvalue weighted by molar-refractivity contribution is 7.07. The molecule has 1 amide bonds. The Kier molecular flexibility index (Phi) is 5.60. The molecule has 2 N–H and O–H groups in total. The molecule has 0 unspecified atom stereocenters. The van der Waals surface area contributed by atoms with Gasteiger partial charge < -0.3 is 15.4 Å². The number of carbonyl (C=O) groups excluding carboxylic acids is 1. The van der Waals surface area contributed by atoms with Gasteiger partial charge in [0.05, 0.1) is 11.2 Å². The standard InChI is InChI=1S/C17H21N3O2S/c21-17(22-10-13-4-2-1-3-5-13)20-16-8-15(9-16)18-7-6-14-11-23-12-19-14/h1-5,11-12,15-16,18H,6-10H2,(H,20,21). The second kappa shape index (κ2) is 8.08. The summed E-state index contributed by atoms with van der Waals surface area (Å²) >= 11 is 1.63. The van der Waals surface area contributed by atoms with Gasteiger partial charge in [-0.2, -0.15) is 0 Å². The highest BCUT2D eigenvalue weighted by atomic mass is 32.1. The van der Waals surface area contributed by atoms with Crippen molar-refractivity contribution in [3.8, 4) is 0 Å². The fourth-order valence-corrected chi connectivity index (χ4v) is 3.19. The minimum atomic E-state index is -0.334. The molecule has 1 saturated carbocycles. The molecule has 5 nitrogen and oxygen atoms in total. The van der Waals surface area contributed by atoms with Crippen LogP contribution in [0.15, 0.2) is 41.2 Å². The molecular formula is C17H21N3O2S. The van der Waals surface area contributed by atoms with E-state index in [0.717, 1.165) is 37.1 Å². The van der Waals surface area contributed by atoms with E-state index in [-0.39, 0.29) is 12.1 Å². The first kappa shape index (κ1) is 16.0. The molecule has 1 aliphatic rings. The Hall–Kier alpha value is -1.92. The molecule has 3 rings (SSSR count). The summed E-state index contributed by atoms with van der Waals surface area (Å²) in [5.41, 5.74) is 4.00. The minimum absolute atomic E-state index is 0.218. The van der Waals surface area contributed by atoms with Gasteiger partial charge in [0.25, 0.3) is 0 Å². The van der Waals surface area contributed by atoms with E-state index in [1.54, 1.807) is 11.3 Å². The summed E-state index contributed by atoms with van der Waals surface area (Å²) in [4.78, 5) is 16.0. The molecule has 0 radical (unpaired) electrons. The Morgan fingerprint density at radius 2 is 2.09 bits per heavy atom. The molecule has 0 atom stereocenters. The van der Waals surface area contributed by atoms with E-state index in [1.807, 2.05) is 35.8 Å². The van der Waals surface area contributed by atoms with Crippen molar-refractivity contribution >= 4 is 17.4 Å². The number of nitrogens with zero attached hydrogens (tertiary/aromatic N) is 1. The van der Waals surface area contributed by atoms with Gasteiger partial charge in [-0.25, -0.2) is 9.78 Å². The van der Waals surface area contributed by atoms with Crippen LogP contribution in [0.3, 0.4) is 0 Å². The number of thiazole rings is 1. The predicted octanol–water partition coefficient (Wildman–Crippen LogP) is 2.73. The number of amides is 1. The van der Waals surface area contributed by atoms with Crippen LogP contribution >= 0.6 is 11.3 Å². The maximum absolute atomic E-state index is 11.7. The van der Waals surface area contributed by atoms with Gasteiger partial charge in [-0.1, -0.05) is 30.3 Å². The third-order valence-electron chi connectivity index (χ3n) is 3.97. The molecule has 1 fully saturated rings. The lowest BCUT2D eigenvalue weighted by Gasteiger charge is -2.36. The lowest BCUT2D eigenvalue weighted by Crippen LogP contribution is -2.52. The Bertz CT molecular complexity index is 598. The molecule has 1 aromatic heterocycles. The molecule has 6 heteroatoms. The molecule has 122 valence electrons. The molecule has 1 aliphatic carbocycles. The number of alkyl carbamates (subject to hydrolysis) is 1. The second-order valence-electron chi connectivity index (χ2n) is 5.76. The van der Waals surface area contributed by atoms with Crippen LogP contribution in [0.2, 0.25) is 0 Å². The van der Waals surface area contributed by atoms with Gasteiger partial charge in [-0.3, -0.25) is 0 Å². The van der Waals surface area contributed by atoms with Gasteiger partial charge in [0.1, 0.15) is 6.61 Å². The van der Waals surface area contributed by atoms with E-state index in [9.17, 15) is 4.79 Å². The van der Waals surface area contributed by atoms with Crippen molar-refractivity contribution in [2.24, 2.45) is 0 Å². The van der Waals surface area contributed by atoms with Crippen LogP contribution in [0.4, 0.5) is 4.79 Å². The third kappa shape index (κ3) is 5.04. The molecule has 1 heterocycles. The smallest absolute Gasteiger partial charge is 0.407 e. The van der Waals surface area contributed by atoms with Crippen LogP contribution in [-0.4, -0.2) is 29.7 Å². The van der Waals surface area contributed by atoms with Crippen LogP contribution in [-0.2, 0) is 17.8 Å². The largest absolute Gasteiger partial charge is 0.445 e. The zero-order valence-corrected chi connectivity index (χ0v) is 13.7. The molecule has 1 aromatic carbocycles. The fourth-order valence-electron chi connectivity index (χ4n) is 2.60. The molecule has 2 aromatic rings. The van der Waals surface area contributed by atoms with E-state index < -0.39 is 0 Å². The van der Waals surface area contributed by atoms with Crippen molar-refractivity contribution in [2.75, 3.05) is 6.54 Å². The quantitative estimate of drug-likeness (QED) is 0.819. The van der Waals surface area contributed by atoms with Gasteiger partial charge >= 0.3 is 6.09 Å². The zero-order chi connectivity index (χ0) is 15.9. The number of ether oxygens (including phenoxy) is 1. The third-order valence-corrected chi connectivity index (χ3v) is 4.61. The van der Waals surface area contributed by atoms with E-state index in [4.69, 9.17) is 4.74 Å². The average Bonchev–Trinajstić information content (AvgIpc) is 3.05. The highest BCUT2D eigenvalue weighted by Crippen LogP contribution is 2.20. The van der Waals surface area contributed by atoms with Gasteiger partial charge in [0.2, 0.25) is 0 Å². The van der Waals surface area contributed by atoms with Crippen LogP contribution in [0.25, 0.3) is 0 Å². The Labute approximate surface area is 140 Å². The summed E-state index contributed by atoms with van der Waals surface area (Å²) < 4.78 is 5.22. The van der Waals surface area contributed by atoms with Gasteiger partial charge in [0, 0.05) is 30.4 Å². The van der Waals surface area contributed by atoms with E-state index in [1.165, 1.54) is 0 Å². The first-order chi connectivity index (χ1) is 11.3. The number of benzene rings is 1. The number of nitrogens with one attached hydrogen (secondary N) is 2. The van der Waals surface area contributed by atoms with Crippen LogP contribution in [0.1, 0.15) is 24.1 Å². The lowest BCUT2D eigenvalue weighted by atomic mass is 9.87. The van der Waals surface area contributed by atoms with Crippen molar-refractivity contribution in [2.45, 2.75) is 38.0 Å². The van der Waals surface area contributed by atoms with E-state index >= 15 is 0 Å². The first-order valence-electron chi connectivity index (χ1n) is 7.87. The Morgan fingerprint density at radius 1 is 1.26 bits per heavy atom. The number of hydrogen-bond acceptors (Lipinski definition) is 5. The highest BCUT2D eigenvalue weighted by Gasteiger charge is 2.30. The van der Waals surface area contributed by atoms with Crippen molar-refractivity contribution < 1.29 is 9.53 Å². The monoisotopic (exact) mass is 331 g/mol. The molecule has 23 heavy (non-hydrogen) atoms. The van der Waals surface area contributed by atoms with Gasteiger partial charge in [0.15, 0.2) is 0 Å². The van der Waals surface area contributed by atoms with Gasteiger partial charge in [-0.05, 0) is 18.4 Å². The van der Waals surface area contributed by atoms with Crippen LogP contribution < -0.4 is 10.6 Å². The maximum atomic E-state index is 11.7. The number of hydrogen-bond donors (Lipinski definition) is 2. The average molecular weight is 331 g/mol. The summed E-state index contributed by atoms with van der Waals surface area (Å²) in [6.45, 7) is 1.24. The topological polar surface area (TPSA) is 63.2 Å². The van der Waals surface area contributed by atoms with Crippen LogP contribution in [0.5, 0.6) is 0 Å². The number of carbonyl (C=O) groups is 1. The second-order valence-corrected chi connectivity index (χ2v) is 6.47. The van der Waals surface area contributed by atoms with Crippen molar-refractivity contribution in [3.05, 3.63) is 52.5 Å². The summed E-state index contributed by atoms with van der Waals surface area (Å²) in [7, 11) is 0. The molecule has 0 spiro atoms.